The van der Waals surface area contributed by atoms with Gasteiger partial charge in [0.15, 0.2) is 0 Å². The molecule has 1 unspecified atom stereocenters. The number of nitrogens with two attached hydrogens (primary N) is 1. The van der Waals surface area contributed by atoms with E-state index in [-0.39, 0.29) is 11.0 Å². The Morgan fingerprint density at radius 2 is 1.86 bits per heavy atom. The molecule has 1 aromatic rings. The third kappa shape index (κ3) is 2.26. The zero-order chi connectivity index (χ0) is 15.2. The molecule has 0 amide bonds. The number of nitrogen functional groups attached to an aromatic ring is 1. The van der Waals surface area contributed by atoms with Crippen molar-refractivity contribution in [1.29, 1.82) is 0 Å². The average Bonchev–Trinajstić information content (AvgIpc) is 3.11. The van der Waals surface area contributed by atoms with Crippen molar-refractivity contribution in [2.45, 2.75) is 69.2 Å². The van der Waals surface area contributed by atoms with Gasteiger partial charge in [-0.25, -0.2) is 4.98 Å². The first-order chi connectivity index (χ1) is 10.6. The van der Waals surface area contributed by atoms with Gasteiger partial charge in [-0.05, 0) is 52.0 Å². The monoisotopic (exact) mass is 301 g/mol. The lowest BCUT2D eigenvalue weighted by Gasteiger charge is -2.36. The number of nitrogens with one attached hydrogen (secondary N) is 2. The minimum atomic E-state index is 0.0782. The highest BCUT2D eigenvalue weighted by atomic mass is 15.2. The summed E-state index contributed by atoms with van der Waals surface area (Å²) in [7, 11) is 0. The Kier molecular flexibility index (Phi) is 3.29. The van der Waals surface area contributed by atoms with Crippen molar-refractivity contribution in [2.75, 3.05) is 24.1 Å². The van der Waals surface area contributed by atoms with Crippen LogP contribution in [0.15, 0.2) is 0 Å². The predicted octanol–water partition coefficient (Wildman–Crippen LogP) is 2.37. The van der Waals surface area contributed by atoms with E-state index in [2.05, 4.69) is 22.5 Å². The van der Waals surface area contributed by atoms with Crippen molar-refractivity contribution in [3.05, 3.63) is 11.3 Å². The van der Waals surface area contributed by atoms with Crippen molar-refractivity contribution in [2.24, 2.45) is 0 Å². The fourth-order valence-electron chi connectivity index (χ4n) is 4.75. The highest BCUT2D eigenvalue weighted by Crippen LogP contribution is 2.49. The fourth-order valence-corrected chi connectivity index (χ4v) is 4.75. The number of aromatic nitrogens is 2. The number of nitrogens with zero attached hydrogens (tertiary/aromatic N) is 2. The predicted molar refractivity (Wildman–Crippen MR) is 89.0 cm³/mol. The molecule has 1 spiro atoms. The van der Waals surface area contributed by atoms with Crippen molar-refractivity contribution >= 4 is 11.8 Å². The molecule has 1 saturated carbocycles. The maximum absolute atomic E-state index is 6.07. The summed E-state index contributed by atoms with van der Waals surface area (Å²) in [4.78, 5) is 9.30. The summed E-state index contributed by atoms with van der Waals surface area (Å²) in [6, 6.07) is 0. The Balaban J connectivity index is 1.75. The summed E-state index contributed by atoms with van der Waals surface area (Å²) < 4.78 is 0. The van der Waals surface area contributed by atoms with E-state index in [1.807, 2.05) is 0 Å². The molecule has 5 heteroatoms. The SMILES string of the molecule is CC1(Nc2nc(N)nc3c2CCCC32CCCC2)CCNC1. The van der Waals surface area contributed by atoms with Gasteiger partial charge in [0.05, 0.1) is 5.69 Å². The van der Waals surface area contributed by atoms with E-state index in [9.17, 15) is 0 Å². The van der Waals surface area contributed by atoms with Crippen LogP contribution in [0.1, 0.15) is 63.1 Å². The fraction of sp³-hybridized carbons (Fsp3) is 0.765. The second kappa shape index (κ2) is 5.08. The lowest BCUT2D eigenvalue weighted by molar-refractivity contribution is 0.357. The first kappa shape index (κ1) is 14.2. The van der Waals surface area contributed by atoms with Crippen molar-refractivity contribution in [3.8, 4) is 0 Å². The number of hydrogen-bond acceptors (Lipinski definition) is 5. The molecule has 0 radical (unpaired) electrons. The Morgan fingerprint density at radius 3 is 2.59 bits per heavy atom. The second-order valence-electron chi connectivity index (χ2n) is 7.71. The van der Waals surface area contributed by atoms with Gasteiger partial charge in [-0.15, -0.1) is 0 Å². The minimum absolute atomic E-state index is 0.0782. The van der Waals surface area contributed by atoms with Gasteiger partial charge in [-0.3, -0.25) is 0 Å². The van der Waals surface area contributed by atoms with Crippen LogP contribution in [-0.2, 0) is 11.8 Å². The summed E-state index contributed by atoms with van der Waals surface area (Å²) >= 11 is 0. The maximum Gasteiger partial charge on any atom is 0.222 e. The van der Waals surface area contributed by atoms with Crippen LogP contribution in [0.25, 0.3) is 0 Å². The third-order valence-electron chi connectivity index (χ3n) is 5.96. The minimum Gasteiger partial charge on any atom is -0.368 e. The Bertz CT molecular complexity index is 571. The van der Waals surface area contributed by atoms with Crippen molar-refractivity contribution in [1.82, 2.24) is 15.3 Å². The van der Waals surface area contributed by atoms with Crippen LogP contribution in [0.4, 0.5) is 11.8 Å². The van der Waals surface area contributed by atoms with Gasteiger partial charge in [0.2, 0.25) is 5.95 Å². The number of anilines is 2. The van der Waals surface area contributed by atoms with Gasteiger partial charge in [0, 0.05) is 23.1 Å². The van der Waals surface area contributed by atoms with E-state index < -0.39 is 0 Å². The lowest BCUT2D eigenvalue weighted by Crippen LogP contribution is -2.39. The summed E-state index contributed by atoms with van der Waals surface area (Å²) in [5.41, 5.74) is 9.05. The molecular formula is C17H27N5. The molecule has 2 heterocycles. The highest BCUT2D eigenvalue weighted by Gasteiger charge is 2.42. The topological polar surface area (TPSA) is 75.9 Å². The molecule has 0 aromatic carbocycles. The van der Waals surface area contributed by atoms with Gasteiger partial charge in [0.25, 0.3) is 0 Å². The molecule has 2 fully saturated rings. The normalized spacial score (nSPS) is 29.7. The molecule has 1 atom stereocenters. The number of fused-ring (bicyclic) bond motifs is 2. The maximum atomic E-state index is 6.07. The van der Waals surface area contributed by atoms with Crippen LogP contribution in [0.5, 0.6) is 0 Å². The summed E-state index contributed by atoms with van der Waals surface area (Å²) in [6.45, 7) is 4.32. The van der Waals surface area contributed by atoms with Crippen LogP contribution in [-0.4, -0.2) is 28.6 Å². The molecule has 4 N–H and O–H groups in total. The first-order valence-corrected chi connectivity index (χ1v) is 8.76. The van der Waals surface area contributed by atoms with Crippen LogP contribution in [0.2, 0.25) is 0 Å². The summed E-state index contributed by atoms with van der Waals surface area (Å²) in [5, 5.41) is 7.14. The summed E-state index contributed by atoms with van der Waals surface area (Å²) in [6.07, 6.45) is 9.93. The van der Waals surface area contributed by atoms with E-state index in [0.717, 1.165) is 31.7 Å². The first-order valence-electron chi connectivity index (χ1n) is 8.76. The van der Waals surface area contributed by atoms with Crippen LogP contribution in [0, 0.1) is 0 Å². The quantitative estimate of drug-likeness (QED) is 0.782. The van der Waals surface area contributed by atoms with Crippen molar-refractivity contribution < 1.29 is 0 Å². The molecule has 3 aliphatic rings. The standard InChI is InChI=1S/C17H27N5/c1-16(9-10-19-11-16)22-14-12-5-4-8-17(6-2-3-7-17)13(12)20-15(18)21-14/h19H,2-11H2,1H3,(H3,18,20,21,22). The van der Waals surface area contributed by atoms with Gasteiger partial charge < -0.3 is 16.4 Å². The summed E-state index contributed by atoms with van der Waals surface area (Å²) in [5.74, 6) is 1.43. The molecule has 22 heavy (non-hydrogen) atoms. The smallest absolute Gasteiger partial charge is 0.222 e. The molecule has 1 saturated heterocycles. The zero-order valence-corrected chi connectivity index (χ0v) is 13.5. The molecule has 5 nitrogen and oxygen atoms in total. The Labute approximate surface area is 132 Å². The largest absolute Gasteiger partial charge is 0.368 e. The average molecular weight is 301 g/mol. The van der Waals surface area contributed by atoms with Gasteiger partial charge in [-0.2, -0.15) is 4.98 Å². The highest BCUT2D eigenvalue weighted by molar-refractivity contribution is 5.54. The molecule has 1 aliphatic heterocycles. The van der Waals surface area contributed by atoms with Crippen LogP contribution in [0.3, 0.4) is 0 Å². The Hall–Kier alpha value is -1.36. The molecule has 2 aliphatic carbocycles. The zero-order valence-electron chi connectivity index (χ0n) is 13.5. The van der Waals surface area contributed by atoms with Gasteiger partial charge in [0.1, 0.15) is 5.82 Å². The second-order valence-corrected chi connectivity index (χ2v) is 7.71. The van der Waals surface area contributed by atoms with Crippen molar-refractivity contribution in [3.63, 3.8) is 0 Å². The third-order valence-corrected chi connectivity index (χ3v) is 5.96. The van der Waals surface area contributed by atoms with Gasteiger partial charge >= 0.3 is 0 Å². The van der Waals surface area contributed by atoms with E-state index in [1.54, 1.807) is 0 Å². The molecule has 0 bridgehead atoms. The number of rotatable bonds is 2. The van der Waals surface area contributed by atoms with Crippen LogP contribution < -0.4 is 16.4 Å². The number of hydrogen-bond donors (Lipinski definition) is 3. The molecule has 4 rings (SSSR count). The molecule has 1 aromatic heterocycles. The van der Waals surface area contributed by atoms with E-state index >= 15 is 0 Å². The Morgan fingerprint density at radius 1 is 1.09 bits per heavy atom. The van der Waals surface area contributed by atoms with Crippen LogP contribution >= 0.6 is 0 Å². The molecular weight excluding hydrogens is 274 g/mol. The van der Waals surface area contributed by atoms with E-state index in [4.69, 9.17) is 10.7 Å². The van der Waals surface area contributed by atoms with Gasteiger partial charge in [-0.1, -0.05) is 12.8 Å². The molecule has 120 valence electrons. The lowest BCUT2D eigenvalue weighted by atomic mass is 9.71. The van der Waals surface area contributed by atoms with E-state index in [1.165, 1.54) is 49.8 Å². The van der Waals surface area contributed by atoms with E-state index in [0.29, 0.717) is 5.95 Å².